The number of ether oxygens (including phenoxy) is 1. The third kappa shape index (κ3) is 4.40. The molecule has 2 aromatic heterocycles. The minimum absolute atomic E-state index is 0.466. The first kappa shape index (κ1) is 21.1. The highest BCUT2D eigenvalue weighted by Crippen LogP contribution is 2.26. The van der Waals surface area contributed by atoms with Gasteiger partial charge < -0.3 is 14.3 Å². The Morgan fingerprint density at radius 2 is 1.91 bits per heavy atom. The average molecular weight is 446 g/mol. The number of aromatic nitrogens is 2. The van der Waals surface area contributed by atoms with Crippen LogP contribution >= 0.6 is 11.3 Å². The van der Waals surface area contributed by atoms with Crippen LogP contribution in [0.1, 0.15) is 43.2 Å². The summed E-state index contributed by atoms with van der Waals surface area (Å²) in [7, 11) is 1.71. The van der Waals surface area contributed by atoms with E-state index in [1.807, 2.05) is 12.1 Å². The molecule has 4 nitrogen and oxygen atoms in total. The van der Waals surface area contributed by atoms with Gasteiger partial charge in [-0.2, -0.15) is 0 Å². The number of aromatic amines is 1. The van der Waals surface area contributed by atoms with Crippen LogP contribution in [0.4, 0.5) is 0 Å². The van der Waals surface area contributed by atoms with E-state index in [0.717, 1.165) is 23.5 Å². The van der Waals surface area contributed by atoms with E-state index in [2.05, 4.69) is 58.4 Å². The van der Waals surface area contributed by atoms with Gasteiger partial charge in [-0.15, -0.1) is 11.3 Å². The molecule has 32 heavy (non-hydrogen) atoms. The molecule has 1 saturated carbocycles. The van der Waals surface area contributed by atoms with Gasteiger partial charge in [0.2, 0.25) is 0 Å². The molecule has 2 aromatic carbocycles. The molecule has 1 aliphatic carbocycles. The predicted molar refractivity (Wildman–Crippen MR) is 133 cm³/mol. The summed E-state index contributed by atoms with van der Waals surface area (Å²) in [6, 6.07) is 15.5. The summed E-state index contributed by atoms with van der Waals surface area (Å²) in [4.78, 5) is 9.82. The van der Waals surface area contributed by atoms with Crippen LogP contribution in [-0.2, 0) is 13.0 Å². The van der Waals surface area contributed by atoms with E-state index in [4.69, 9.17) is 9.73 Å². The van der Waals surface area contributed by atoms with Crippen molar-refractivity contribution in [3.8, 4) is 17.0 Å². The number of aryl methyl sites for hydroxylation is 2. The van der Waals surface area contributed by atoms with Gasteiger partial charge >= 0.3 is 0 Å². The number of H-pyrrole nitrogens is 1. The van der Waals surface area contributed by atoms with E-state index in [-0.39, 0.29) is 0 Å². The third-order valence-corrected chi connectivity index (χ3v) is 7.46. The van der Waals surface area contributed by atoms with Gasteiger partial charge in [0.25, 0.3) is 0 Å². The van der Waals surface area contributed by atoms with Crippen molar-refractivity contribution >= 4 is 22.2 Å². The predicted octanol–water partition coefficient (Wildman–Crippen LogP) is 6.49. The third-order valence-electron chi connectivity index (χ3n) is 6.58. The fraction of sp³-hybridized carbons (Fsp3) is 0.370. The van der Waals surface area contributed by atoms with Gasteiger partial charge in [0, 0.05) is 29.0 Å². The zero-order valence-electron chi connectivity index (χ0n) is 18.9. The highest BCUT2D eigenvalue weighted by Gasteiger charge is 2.15. The molecule has 5 rings (SSSR count). The van der Waals surface area contributed by atoms with Gasteiger partial charge in [0.1, 0.15) is 5.75 Å². The lowest BCUT2D eigenvalue weighted by Crippen LogP contribution is -2.22. The quantitative estimate of drug-likeness (QED) is 0.362. The lowest BCUT2D eigenvalue weighted by Gasteiger charge is -2.17. The molecule has 166 valence electrons. The summed E-state index contributed by atoms with van der Waals surface area (Å²) >= 11 is 1.78. The number of thiazole rings is 1. The molecule has 0 unspecified atom stereocenters. The van der Waals surface area contributed by atoms with Crippen LogP contribution in [0.2, 0.25) is 0 Å². The topological polar surface area (TPSA) is 42.3 Å². The van der Waals surface area contributed by atoms with E-state index >= 15 is 0 Å². The standard InChI is InChI=1S/C27H31N3OS/c1-19-8-13-25-24(16-19)21(17-28-25)14-15-30-26(20-9-11-23(31-2)12-10-20)18-32-27(30)29-22-6-4-3-5-7-22/h8-13,16-18,22,28H,3-7,14-15H2,1-2H3. The van der Waals surface area contributed by atoms with Crippen molar-refractivity contribution in [2.24, 2.45) is 4.99 Å². The van der Waals surface area contributed by atoms with Crippen LogP contribution in [0.15, 0.2) is 59.0 Å². The molecule has 2 heterocycles. The number of nitrogens with one attached hydrogen (secondary N) is 1. The Morgan fingerprint density at radius 3 is 2.69 bits per heavy atom. The molecule has 0 amide bonds. The molecule has 0 spiro atoms. The lowest BCUT2D eigenvalue weighted by molar-refractivity contribution is 0.415. The summed E-state index contributed by atoms with van der Waals surface area (Å²) in [5.74, 6) is 0.886. The lowest BCUT2D eigenvalue weighted by atomic mass is 9.96. The Balaban J connectivity index is 1.50. The van der Waals surface area contributed by atoms with Gasteiger partial charge in [0.05, 0.1) is 18.8 Å². The Labute approximate surface area is 193 Å². The number of methoxy groups -OCH3 is 1. The second-order valence-electron chi connectivity index (χ2n) is 8.82. The molecule has 1 N–H and O–H groups in total. The zero-order chi connectivity index (χ0) is 21.9. The average Bonchev–Trinajstić information content (AvgIpc) is 3.42. The van der Waals surface area contributed by atoms with E-state index in [1.54, 1.807) is 18.4 Å². The molecule has 0 bridgehead atoms. The highest BCUT2D eigenvalue weighted by atomic mass is 32.1. The molecular weight excluding hydrogens is 414 g/mol. The van der Waals surface area contributed by atoms with Gasteiger partial charge in [-0.05, 0) is 73.7 Å². The maximum atomic E-state index is 5.36. The second kappa shape index (κ2) is 9.37. The van der Waals surface area contributed by atoms with Crippen molar-refractivity contribution in [3.63, 3.8) is 0 Å². The van der Waals surface area contributed by atoms with E-state index in [1.165, 1.54) is 65.4 Å². The Morgan fingerprint density at radius 1 is 1.09 bits per heavy atom. The number of rotatable bonds is 6. The van der Waals surface area contributed by atoms with Gasteiger partial charge in [-0.25, -0.2) is 0 Å². The highest BCUT2D eigenvalue weighted by molar-refractivity contribution is 7.07. The van der Waals surface area contributed by atoms with Crippen molar-refractivity contribution in [2.45, 2.75) is 58.0 Å². The molecule has 5 heteroatoms. The smallest absolute Gasteiger partial charge is 0.185 e. The summed E-state index contributed by atoms with van der Waals surface area (Å²) in [5, 5.41) is 3.60. The molecular formula is C27H31N3OS. The van der Waals surface area contributed by atoms with Crippen molar-refractivity contribution < 1.29 is 4.74 Å². The minimum Gasteiger partial charge on any atom is -0.497 e. The largest absolute Gasteiger partial charge is 0.497 e. The molecule has 1 aliphatic rings. The molecule has 0 atom stereocenters. The normalized spacial score (nSPS) is 15.5. The summed E-state index contributed by atoms with van der Waals surface area (Å²) in [6.07, 6.45) is 9.55. The SMILES string of the molecule is COc1ccc(-c2csc(=NC3CCCCC3)n2CCc2c[nH]c3ccc(C)cc23)cc1. The van der Waals surface area contributed by atoms with Gasteiger partial charge in [-0.3, -0.25) is 4.99 Å². The molecule has 0 saturated heterocycles. The number of fused-ring (bicyclic) bond motifs is 1. The number of hydrogen-bond donors (Lipinski definition) is 1. The van der Waals surface area contributed by atoms with Crippen LogP contribution in [-0.4, -0.2) is 22.7 Å². The van der Waals surface area contributed by atoms with Crippen molar-refractivity contribution in [3.05, 3.63) is 70.0 Å². The van der Waals surface area contributed by atoms with Crippen LogP contribution in [0.5, 0.6) is 5.75 Å². The first-order valence-corrected chi connectivity index (χ1v) is 12.5. The molecule has 4 aromatic rings. The molecule has 0 radical (unpaired) electrons. The number of hydrogen-bond acceptors (Lipinski definition) is 3. The second-order valence-corrected chi connectivity index (χ2v) is 9.65. The van der Waals surface area contributed by atoms with Crippen molar-refractivity contribution in [1.82, 2.24) is 9.55 Å². The Kier molecular flexibility index (Phi) is 6.17. The van der Waals surface area contributed by atoms with Crippen LogP contribution < -0.4 is 9.54 Å². The Bertz CT molecular complexity index is 1260. The van der Waals surface area contributed by atoms with E-state index in [9.17, 15) is 0 Å². The molecule has 0 aliphatic heterocycles. The van der Waals surface area contributed by atoms with Crippen LogP contribution in [0.3, 0.4) is 0 Å². The summed E-state index contributed by atoms with van der Waals surface area (Å²) in [5.41, 5.74) is 6.33. The van der Waals surface area contributed by atoms with Crippen LogP contribution in [0.25, 0.3) is 22.2 Å². The Hall–Kier alpha value is -2.79. The fourth-order valence-corrected chi connectivity index (χ4v) is 5.75. The first-order valence-electron chi connectivity index (χ1n) is 11.6. The van der Waals surface area contributed by atoms with E-state index in [0.29, 0.717) is 6.04 Å². The van der Waals surface area contributed by atoms with Gasteiger partial charge in [0.15, 0.2) is 4.80 Å². The van der Waals surface area contributed by atoms with Crippen molar-refractivity contribution in [1.29, 1.82) is 0 Å². The minimum atomic E-state index is 0.466. The zero-order valence-corrected chi connectivity index (χ0v) is 19.8. The summed E-state index contributed by atoms with van der Waals surface area (Å²) in [6.45, 7) is 3.07. The maximum absolute atomic E-state index is 5.36. The van der Waals surface area contributed by atoms with Crippen molar-refractivity contribution in [2.75, 3.05) is 7.11 Å². The maximum Gasteiger partial charge on any atom is 0.185 e. The van der Waals surface area contributed by atoms with Crippen LogP contribution in [0, 0.1) is 6.92 Å². The number of benzene rings is 2. The van der Waals surface area contributed by atoms with Gasteiger partial charge in [-0.1, -0.05) is 30.9 Å². The fourth-order valence-electron chi connectivity index (χ4n) is 4.74. The molecule has 1 fully saturated rings. The number of nitrogens with zero attached hydrogens (tertiary/aromatic N) is 2. The van der Waals surface area contributed by atoms with E-state index < -0.39 is 0 Å². The summed E-state index contributed by atoms with van der Waals surface area (Å²) < 4.78 is 7.79. The monoisotopic (exact) mass is 445 g/mol. The first-order chi connectivity index (χ1) is 15.7.